The molecule has 0 saturated carbocycles. The average molecular weight is 575 g/mol. The van der Waals surface area contributed by atoms with Gasteiger partial charge in [-0.15, -0.1) is 0 Å². The molecule has 0 aromatic heterocycles. The number of rotatable bonds is 6. The van der Waals surface area contributed by atoms with Gasteiger partial charge in [-0.1, -0.05) is 0 Å². The van der Waals surface area contributed by atoms with Crippen molar-refractivity contribution >= 4 is 51.1 Å². The van der Waals surface area contributed by atoms with E-state index in [-0.39, 0.29) is 0 Å². The Labute approximate surface area is 140 Å². The van der Waals surface area contributed by atoms with E-state index in [2.05, 4.69) is 7.64 Å². The Morgan fingerprint density at radius 3 is 0.760 bits per heavy atom. The van der Waals surface area contributed by atoms with Gasteiger partial charge in [-0.05, 0) is 0 Å². The van der Waals surface area contributed by atoms with Crippen LogP contribution in [0.3, 0.4) is 0 Å². The molecule has 0 aromatic rings. The predicted molar refractivity (Wildman–Crippen MR) is 53.9 cm³/mol. The van der Waals surface area contributed by atoms with Crippen LogP contribution in [0.25, 0.3) is 0 Å². The molecule has 0 N–H and O–H groups in total. The van der Waals surface area contributed by atoms with Gasteiger partial charge in [0, 0.05) is 0 Å². The number of halogens is 9. The van der Waals surface area contributed by atoms with Gasteiger partial charge in [0.2, 0.25) is 0 Å². The van der Waals surface area contributed by atoms with Gasteiger partial charge < -0.3 is 0 Å². The van der Waals surface area contributed by atoms with Gasteiger partial charge in [-0.25, -0.2) is 0 Å². The summed E-state index contributed by atoms with van der Waals surface area (Å²) in [6.45, 7) is 0. The van der Waals surface area contributed by atoms with E-state index in [1.165, 1.54) is 0 Å². The fourth-order valence-corrected chi connectivity index (χ4v) is 8.80. The third kappa shape index (κ3) is 6.52. The van der Waals surface area contributed by atoms with Crippen LogP contribution < -0.4 is 0 Å². The van der Waals surface area contributed by atoms with Crippen LogP contribution in [0.1, 0.15) is 0 Å². The molecular formula is C3F9O9S3Te. The monoisotopic (exact) mass is 577 g/mol. The van der Waals surface area contributed by atoms with E-state index >= 15 is 0 Å². The second kappa shape index (κ2) is 7.13. The summed E-state index contributed by atoms with van der Waals surface area (Å²) in [6.07, 6.45) is 0. The summed E-state index contributed by atoms with van der Waals surface area (Å²) in [5.41, 5.74) is -19.5. The molecule has 1 radical (unpaired) electrons. The van der Waals surface area contributed by atoms with Crippen molar-refractivity contribution in [2.45, 2.75) is 16.5 Å². The molecule has 0 unspecified atom stereocenters. The Bertz CT molecular complexity index is 677. The average Bonchev–Trinajstić information content (AvgIpc) is 2.21. The summed E-state index contributed by atoms with van der Waals surface area (Å²) in [5.74, 6) is 0. The summed E-state index contributed by atoms with van der Waals surface area (Å²) in [4.78, 5) is 0. The minimum atomic E-state index is -7.07. The van der Waals surface area contributed by atoms with E-state index in [0.29, 0.717) is 0 Å². The molecule has 0 aliphatic rings. The molecule has 0 atom stereocenters. The van der Waals surface area contributed by atoms with Crippen LogP contribution in [0.15, 0.2) is 0 Å². The topological polar surface area (TPSA) is 130 Å². The Kier molecular flexibility index (Phi) is 7.10. The van der Waals surface area contributed by atoms with Gasteiger partial charge in [-0.3, -0.25) is 0 Å². The van der Waals surface area contributed by atoms with Crippen molar-refractivity contribution in [3.63, 3.8) is 0 Å². The summed E-state index contributed by atoms with van der Waals surface area (Å²) in [5, 5.41) is 0. The van der Waals surface area contributed by atoms with E-state index < -0.39 is 67.7 Å². The van der Waals surface area contributed by atoms with Crippen molar-refractivity contribution in [2.75, 3.05) is 0 Å². The van der Waals surface area contributed by atoms with Crippen LogP contribution in [0.4, 0.5) is 39.5 Å². The molecule has 22 heteroatoms. The summed E-state index contributed by atoms with van der Waals surface area (Å²) >= 11 is -6.71. The molecule has 0 rings (SSSR count). The first kappa shape index (κ1) is 24.9. The maximum atomic E-state index is 12.0. The second-order valence-corrected chi connectivity index (χ2v) is 12.3. The molecule has 153 valence electrons. The number of hydrogen-bond acceptors (Lipinski definition) is 9. The molecule has 0 aliphatic heterocycles. The Balaban J connectivity index is 5.96. The van der Waals surface area contributed by atoms with Crippen LogP contribution in [0.5, 0.6) is 0 Å². The third-order valence-electron chi connectivity index (χ3n) is 1.29. The van der Waals surface area contributed by atoms with E-state index in [4.69, 9.17) is 0 Å². The van der Waals surface area contributed by atoms with Crippen molar-refractivity contribution in [1.29, 1.82) is 0 Å². The summed E-state index contributed by atoms with van der Waals surface area (Å²) < 4.78 is 179. The van der Waals surface area contributed by atoms with Gasteiger partial charge in [0.25, 0.3) is 0 Å². The van der Waals surface area contributed by atoms with E-state index in [0.717, 1.165) is 0 Å². The molecule has 0 spiro atoms. The molecule has 0 amide bonds. The minimum absolute atomic E-state index is 2.68. The summed E-state index contributed by atoms with van der Waals surface area (Å²) in [7, 11) is -21.2. The first-order valence-corrected chi connectivity index (χ1v) is 11.4. The Morgan fingerprint density at radius 2 is 0.640 bits per heavy atom. The first-order chi connectivity index (χ1) is 10.5. The molecule has 0 saturated heterocycles. The van der Waals surface area contributed by atoms with Crippen LogP contribution in [-0.2, 0) is 38.0 Å². The zero-order chi connectivity index (χ0) is 20.7. The van der Waals surface area contributed by atoms with Gasteiger partial charge in [0.05, 0.1) is 0 Å². The zero-order valence-electron chi connectivity index (χ0n) is 10.2. The zero-order valence-corrected chi connectivity index (χ0v) is 15.0. The van der Waals surface area contributed by atoms with Crippen LogP contribution in [-0.4, -0.2) is 62.6 Å². The SMILES string of the molecule is O=S(=O)(O[Te](OS(=O)(=O)C(F)(F)F)OS(=O)(=O)C(F)(F)F)C(F)(F)F. The number of alkyl halides is 9. The molecule has 0 aliphatic carbocycles. The van der Waals surface area contributed by atoms with Crippen molar-refractivity contribution in [3.8, 4) is 0 Å². The Hall–Kier alpha value is -0.110. The maximum absolute atomic E-state index is 12.0. The van der Waals surface area contributed by atoms with E-state index in [1.807, 2.05) is 0 Å². The summed E-state index contributed by atoms with van der Waals surface area (Å²) in [6, 6.07) is 0. The normalized spacial score (nSPS) is 15.6. The quantitative estimate of drug-likeness (QED) is 0.254. The van der Waals surface area contributed by atoms with Gasteiger partial charge in [0.1, 0.15) is 0 Å². The molecular weight excluding hydrogens is 575 g/mol. The first-order valence-electron chi connectivity index (χ1n) is 4.31. The molecule has 9 nitrogen and oxygen atoms in total. The standard InChI is InChI=1S/C3F9O9S3Te/c4-1(5,6)22(13,14)19-25(20-23(15,16)2(7,8)9)21-24(17,18)3(10,11)12. The van der Waals surface area contributed by atoms with Gasteiger partial charge in [-0.2, -0.15) is 0 Å². The fourth-order valence-electron chi connectivity index (χ4n) is 0.369. The van der Waals surface area contributed by atoms with Crippen LogP contribution in [0.2, 0.25) is 0 Å². The van der Waals surface area contributed by atoms with Crippen molar-refractivity contribution in [3.05, 3.63) is 0 Å². The molecule has 0 fully saturated rings. The predicted octanol–water partition coefficient (Wildman–Crippen LogP) is 0.570. The van der Waals surface area contributed by atoms with Gasteiger partial charge >= 0.3 is 140 Å². The fraction of sp³-hybridized carbons (Fsp3) is 1.00. The van der Waals surface area contributed by atoms with Crippen LogP contribution >= 0.6 is 0 Å². The molecule has 0 aromatic carbocycles. The molecule has 25 heavy (non-hydrogen) atoms. The van der Waals surface area contributed by atoms with Crippen LogP contribution in [0, 0.1) is 0 Å². The van der Waals surface area contributed by atoms with Crippen molar-refractivity contribution in [1.82, 2.24) is 0 Å². The van der Waals surface area contributed by atoms with E-state index in [9.17, 15) is 64.8 Å². The van der Waals surface area contributed by atoms with E-state index in [1.54, 1.807) is 0 Å². The third-order valence-corrected chi connectivity index (χ3v) is 11.3. The molecule has 0 heterocycles. The second-order valence-electron chi connectivity index (χ2n) is 3.11. The van der Waals surface area contributed by atoms with Crippen molar-refractivity contribution < 1.29 is 72.4 Å². The van der Waals surface area contributed by atoms with Crippen molar-refractivity contribution in [2.24, 2.45) is 0 Å². The molecule has 0 bridgehead atoms. The Morgan fingerprint density at radius 1 is 0.480 bits per heavy atom. The van der Waals surface area contributed by atoms with Gasteiger partial charge in [0.15, 0.2) is 0 Å². The number of hydrogen-bond donors (Lipinski definition) is 0.